The molecule has 3 nitrogen and oxygen atoms in total. The van der Waals surface area contributed by atoms with Gasteiger partial charge in [0.15, 0.2) is 0 Å². The van der Waals surface area contributed by atoms with Crippen molar-refractivity contribution in [3.05, 3.63) is 0 Å². The average molecular weight is 312 g/mol. The fourth-order valence-corrected chi connectivity index (χ4v) is 3.21. The summed E-state index contributed by atoms with van der Waals surface area (Å²) in [6, 6.07) is 0. The van der Waals surface area contributed by atoms with Crippen molar-refractivity contribution in [3.63, 3.8) is 0 Å². The Hall–Kier alpha value is -0.700. The summed E-state index contributed by atoms with van der Waals surface area (Å²) in [6.07, 6.45) is 13.0. The molecular formula is C19H37NO2. The Balaban J connectivity index is 4.18. The molecule has 0 radical (unpaired) electrons. The maximum atomic E-state index is 12.1. The molecule has 0 bridgehead atoms. The number of hydrogen-bond donors (Lipinski definition) is 1. The van der Waals surface area contributed by atoms with Gasteiger partial charge in [-0.05, 0) is 39.7 Å². The fourth-order valence-electron chi connectivity index (χ4n) is 3.21. The molecule has 0 saturated heterocycles. The first kappa shape index (κ1) is 21.3. The van der Waals surface area contributed by atoms with Crippen LogP contribution in [0, 0.1) is 5.41 Å². The Bertz CT molecular complexity index is 299. The quantitative estimate of drug-likeness (QED) is 0.349. The number of Topliss-reactive ketones (excluding diaryl/α,β-unsaturated/α-hetero) is 2. The molecule has 0 aromatic heterocycles. The normalized spacial score (nSPS) is 11.6. The van der Waals surface area contributed by atoms with Crippen molar-refractivity contribution in [3.8, 4) is 0 Å². The number of ketones is 2. The van der Waals surface area contributed by atoms with E-state index in [2.05, 4.69) is 6.92 Å². The fraction of sp³-hybridized carbons (Fsp3) is 0.895. The summed E-state index contributed by atoms with van der Waals surface area (Å²) in [5, 5.41) is 0. The molecule has 3 heteroatoms. The Labute approximate surface area is 137 Å². The van der Waals surface area contributed by atoms with Crippen molar-refractivity contribution in [2.24, 2.45) is 11.1 Å². The van der Waals surface area contributed by atoms with Crippen molar-refractivity contribution < 1.29 is 9.59 Å². The van der Waals surface area contributed by atoms with Crippen LogP contribution in [-0.2, 0) is 9.59 Å². The van der Waals surface area contributed by atoms with Gasteiger partial charge < -0.3 is 5.73 Å². The number of unbranched alkanes of at least 4 members (excludes halogenated alkanes) is 8. The van der Waals surface area contributed by atoms with Gasteiger partial charge in [0.25, 0.3) is 0 Å². The molecule has 22 heavy (non-hydrogen) atoms. The molecule has 130 valence electrons. The van der Waals surface area contributed by atoms with Crippen LogP contribution in [0.1, 0.15) is 97.8 Å². The molecule has 0 aliphatic carbocycles. The predicted octanol–water partition coefficient (Wildman–Crippen LogP) is 4.81. The topological polar surface area (TPSA) is 60.2 Å². The monoisotopic (exact) mass is 311 g/mol. The van der Waals surface area contributed by atoms with E-state index in [9.17, 15) is 9.59 Å². The summed E-state index contributed by atoms with van der Waals surface area (Å²) < 4.78 is 0. The van der Waals surface area contributed by atoms with Gasteiger partial charge in [0.1, 0.15) is 11.6 Å². The molecule has 0 heterocycles. The number of hydrogen-bond acceptors (Lipinski definition) is 3. The van der Waals surface area contributed by atoms with Crippen LogP contribution in [0.4, 0.5) is 0 Å². The molecule has 0 amide bonds. The largest absolute Gasteiger partial charge is 0.330 e. The van der Waals surface area contributed by atoms with E-state index in [4.69, 9.17) is 5.73 Å². The van der Waals surface area contributed by atoms with E-state index in [1.54, 1.807) is 13.8 Å². The first-order chi connectivity index (χ1) is 10.5. The van der Waals surface area contributed by atoms with Crippen LogP contribution >= 0.6 is 0 Å². The van der Waals surface area contributed by atoms with E-state index in [-0.39, 0.29) is 11.6 Å². The van der Waals surface area contributed by atoms with E-state index in [1.807, 2.05) is 0 Å². The summed E-state index contributed by atoms with van der Waals surface area (Å²) in [7, 11) is 0. The maximum absolute atomic E-state index is 12.1. The van der Waals surface area contributed by atoms with Gasteiger partial charge in [-0.25, -0.2) is 0 Å². The van der Waals surface area contributed by atoms with E-state index >= 15 is 0 Å². The highest BCUT2D eigenvalue weighted by Crippen LogP contribution is 2.33. The molecule has 0 aromatic rings. The summed E-state index contributed by atoms with van der Waals surface area (Å²) in [5.74, 6) is 0.0833. The molecule has 0 saturated carbocycles. The lowest BCUT2D eigenvalue weighted by molar-refractivity contribution is -0.139. The highest BCUT2D eigenvalue weighted by atomic mass is 16.2. The smallest absolute Gasteiger partial charge is 0.143 e. The van der Waals surface area contributed by atoms with Gasteiger partial charge in [-0.2, -0.15) is 0 Å². The molecule has 0 unspecified atom stereocenters. The third-order valence-corrected chi connectivity index (χ3v) is 4.86. The van der Waals surface area contributed by atoms with Gasteiger partial charge >= 0.3 is 0 Å². The van der Waals surface area contributed by atoms with Crippen LogP contribution < -0.4 is 5.73 Å². The molecule has 0 spiro atoms. The molecular weight excluding hydrogens is 274 g/mol. The zero-order valence-electron chi connectivity index (χ0n) is 15.1. The zero-order valence-corrected chi connectivity index (χ0v) is 15.1. The summed E-state index contributed by atoms with van der Waals surface area (Å²) >= 11 is 0. The number of carbonyl (C=O) groups excluding carboxylic acids is 2. The van der Waals surface area contributed by atoms with Crippen molar-refractivity contribution >= 4 is 11.6 Å². The predicted molar refractivity (Wildman–Crippen MR) is 93.9 cm³/mol. The Morgan fingerprint density at radius 2 is 1.14 bits per heavy atom. The highest BCUT2D eigenvalue weighted by Gasteiger charge is 2.38. The summed E-state index contributed by atoms with van der Waals surface area (Å²) in [5.41, 5.74) is 4.79. The molecule has 0 aromatic carbocycles. The van der Waals surface area contributed by atoms with Crippen molar-refractivity contribution in [2.45, 2.75) is 97.8 Å². The molecule has 0 atom stereocenters. The third kappa shape index (κ3) is 8.07. The second-order valence-corrected chi connectivity index (χ2v) is 6.67. The molecule has 0 aliphatic heterocycles. The summed E-state index contributed by atoms with van der Waals surface area (Å²) in [4.78, 5) is 24.2. The van der Waals surface area contributed by atoms with Crippen LogP contribution in [0.15, 0.2) is 0 Å². The van der Waals surface area contributed by atoms with Crippen molar-refractivity contribution in [1.82, 2.24) is 0 Å². The summed E-state index contributed by atoms with van der Waals surface area (Å²) in [6.45, 7) is 6.01. The van der Waals surface area contributed by atoms with Gasteiger partial charge in [0, 0.05) is 0 Å². The number of nitrogens with two attached hydrogens (primary N) is 1. The molecule has 0 fully saturated rings. The van der Waals surface area contributed by atoms with E-state index < -0.39 is 5.41 Å². The second kappa shape index (κ2) is 12.8. The van der Waals surface area contributed by atoms with Crippen LogP contribution in [0.25, 0.3) is 0 Å². The van der Waals surface area contributed by atoms with Crippen LogP contribution in [0.5, 0.6) is 0 Å². The van der Waals surface area contributed by atoms with Crippen LogP contribution in [-0.4, -0.2) is 18.1 Å². The van der Waals surface area contributed by atoms with Gasteiger partial charge in [-0.1, -0.05) is 64.7 Å². The lowest BCUT2D eigenvalue weighted by Gasteiger charge is -2.28. The number of carbonyl (C=O) groups is 2. The highest BCUT2D eigenvalue weighted by molar-refractivity contribution is 6.04. The van der Waals surface area contributed by atoms with Crippen LogP contribution in [0.3, 0.4) is 0 Å². The molecule has 2 N–H and O–H groups in total. The van der Waals surface area contributed by atoms with E-state index in [0.717, 1.165) is 32.1 Å². The SMILES string of the molecule is CCCCCCCCCCC(CCCCN)(C(C)=O)C(C)=O. The minimum Gasteiger partial charge on any atom is -0.330 e. The zero-order chi connectivity index (χ0) is 16.8. The first-order valence-corrected chi connectivity index (χ1v) is 9.23. The lowest BCUT2D eigenvalue weighted by atomic mass is 9.72. The minimum absolute atomic E-state index is 0.0416. The van der Waals surface area contributed by atoms with E-state index in [0.29, 0.717) is 13.0 Å². The minimum atomic E-state index is -0.739. The lowest BCUT2D eigenvalue weighted by Crippen LogP contribution is -2.36. The molecule has 0 rings (SSSR count). The molecule has 0 aliphatic rings. The maximum Gasteiger partial charge on any atom is 0.143 e. The van der Waals surface area contributed by atoms with Gasteiger partial charge in [-0.15, -0.1) is 0 Å². The standard InChI is InChI=1S/C19H37NO2/c1-4-5-6-7-8-9-10-11-14-19(17(2)21,18(3)22)15-12-13-16-20/h4-16,20H2,1-3H3. The van der Waals surface area contributed by atoms with Crippen LogP contribution in [0.2, 0.25) is 0 Å². The average Bonchev–Trinajstić information content (AvgIpc) is 2.47. The van der Waals surface area contributed by atoms with Crippen molar-refractivity contribution in [1.29, 1.82) is 0 Å². The second-order valence-electron chi connectivity index (χ2n) is 6.67. The van der Waals surface area contributed by atoms with Gasteiger partial charge in [-0.3, -0.25) is 9.59 Å². The van der Waals surface area contributed by atoms with Gasteiger partial charge in [0.05, 0.1) is 5.41 Å². The number of rotatable bonds is 15. The van der Waals surface area contributed by atoms with E-state index in [1.165, 1.54) is 38.5 Å². The Morgan fingerprint density at radius 1 is 0.727 bits per heavy atom. The Kier molecular flexibility index (Phi) is 12.4. The first-order valence-electron chi connectivity index (χ1n) is 9.23. The Morgan fingerprint density at radius 3 is 1.55 bits per heavy atom. The van der Waals surface area contributed by atoms with Gasteiger partial charge in [0.2, 0.25) is 0 Å². The third-order valence-electron chi connectivity index (χ3n) is 4.86. The van der Waals surface area contributed by atoms with Crippen molar-refractivity contribution in [2.75, 3.05) is 6.54 Å².